The first-order valence-electron chi connectivity index (χ1n) is 5.94. The number of hydrogen-bond acceptors (Lipinski definition) is 3. The molecule has 1 fully saturated rings. The summed E-state index contributed by atoms with van der Waals surface area (Å²) in [6, 6.07) is 7.31. The molecule has 5 nitrogen and oxygen atoms in total. The number of carbonyl (C=O) groups is 1. The molecule has 1 aliphatic carbocycles. The van der Waals surface area contributed by atoms with Crippen LogP contribution < -0.4 is 11.1 Å². The molecule has 2 aromatic rings. The predicted octanol–water partition coefficient (Wildman–Crippen LogP) is 1.00. The minimum Gasteiger partial charge on any atom is -0.397 e. The number of rotatable bonds is 3. The van der Waals surface area contributed by atoms with Gasteiger partial charge in [0.15, 0.2) is 0 Å². The number of aliphatic hydroxyl groups is 1. The van der Waals surface area contributed by atoms with Crippen LogP contribution in [0.3, 0.4) is 0 Å². The summed E-state index contributed by atoms with van der Waals surface area (Å²) >= 11 is 0. The van der Waals surface area contributed by atoms with Crippen LogP contribution in [0.2, 0.25) is 0 Å². The molecule has 0 bridgehead atoms. The standard InChI is InChI=1S/C13H15N3O2/c14-9-3-1-2-8-6-10(15-11(8)9)12(18)16-13(7-17)4-5-13/h1-3,6,15,17H,4-5,7,14H2,(H,16,18). The molecule has 1 aliphatic rings. The second-order valence-corrected chi connectivity index (χ2v) is 4.89. The Kier molecular flexibility index (Phi) is 2.31. The zero-order chi connectivity index (χ0) is 12.8. The van der Waals surface area contributed by atoms with Gasteiger partial charge in [-0.05, 0) is 25.0 Å². The summed E-state index contributed by atoms with van der Waals surface area (Å²) in [6.45, 7) is -0.0128. The minimum absolute atomic E-state index is 0.0128. The van der Waals surface area contributed by atoms with Crippen LogP contribution >= 0.6 is 0 Å². The van der Waals surface area contributed by atoms with E-state index < -0.39 is 5.54 Å². The number of carbonyl (C=O) groups excluding carboxylic acids is 1. The highest BCUT2D eigenvalue weighted by Gasteiger charge is 2.43. The molecule has 0 radical (unpaired) electrons. The van der Waals surface area contributed by atoms with Crippen LogP contribution in [0.5, 0.6) is 0 Å². The average molecular weight is 245 g/mol. The molecule has 1 saturated carbocycles. The predicted molar refractivity (Wildman–Crippen MR) is 69.2 cm³/mol. The number of para-hydroxylation sites is 1. The highest BCUT2D eigenvalue weighted by molar-refractivity contribution is 6.01. The Morgan fingerprint density at radius 1 is 1.50 bits per heavy atom. The number of H-pyrrole nitrogens is 1. The molecular formula is C13H15N3O2. The molecule has 0 spiro atoms. The lowest BCUT2D eigenvalue weighted by Crippen LogP contribution is -2.39. The Morgan fingerprint density at radius 3 is 2.89 bits per heavy atom. The number of aromatic amines is 1. The van der Waals surface area contributed by atoms with Crippen molar-refractivity contribution in [3.05, 3.63) is 30.0 Å². The van der Waals surface area contributed by atoms with E-state index in [0.29, 0.717) is 11.4 Å². The number of aromatic nitrogens is 1. The Hall–Kier alpha value is -2.01. The Bertz CT molecular complexity index is 614. The summed E-state index contributed by atoms with van der Waals surface area (Å²) in [5.41, 5.74) is 7.30. The lowest BCUT2D eigenvalue weighted by Gasteiger charge is -2.12. The van der Waals surface area contributed by atoms with Gasteiger partial charge in [-0.3, -0.25) is 4.79 Å². The normalized spacial score (nSPS) is 16.7. The monoisotopic (exact) mass is 245 g/mol. The van der Waals surface area contributed by atoms with E-state index in [-0.39, 0.29) is 12.5 Å². The van der Waals surface area contributed by atoms with Gasteiger partial charge in [0.05, 0.1) is 23.3 Å². The number of fused-ring (bicyclic) bond motifs is 1. The first-order valence-corrected chi connectivity index (χ1v) is 5.94. The van der Waals surface area contributed by atoms with Crippen molar-refractivity contribution in [2.75, 3.05) is 12.3 Å². The maximum absolute atomic E-state index is 12.0. The van der Waals surface area contributed by atoms with Crippen molar-refractivity contribution in [3.63, 3.8) is 0 Å². The molecule has 0 saturated heterocycles. The van der Waals surface area contributed by atoms with Crippen molar-refractivity contribution >= 4 is 22.5 Å². The molecule has 1 amide bonds. The maximum Gasteiger partial charge on any atom is 0.268 e. The van der Waals surface area contributed by atoms with Crippen LogP contribution in [0.1, 0.15) is 23.3 Å². The molecule has 5 N–H and O–H groups in total. The topological polar surface area (TPSA) is 91.1 Å². The fraction of sp³-hybridized carbons (Fsp3) is 0.308. The minimum atomic E-state index is -0.403. The van der Waals surface area contributed by atoms with Crippen molar-refractivity contribution in [2.45, 2.75) is 18.4 Å². The molecule has 1 aromatic carbocycles. The van der Waals surface area contributed by atoms with Crippen molar-refractivity contribution < 1.29 is 9.90 Å². The number of nitrogens with two attached hydrogens (primary N) is 1. The number of benzene rings is 1. The largest absolute Gasteiger partial charge is 0.397 e. The van der Waals surface area contributed by atoms with Gasteiger partial charge in [-0.2, -0.15) is 0 Å². The molecule has 18 heavy (non-hydrogen) atoms. The molecule has 3 rings (SSSR count). The molecule has 0 atom stereocenters. The van der Waals surface area contributed by atoms with Gasteiger partial charge in [-0.1, -0.05) is 12.1 Å². The van der Waals surface area contributed by atoms with Crippen LogP contribution in [0, 0.1) is 0 Å². The summed E-state index contributed by atoms with van der Waals surface area (Å²) < 4.78 is 0. The van der Waals surface area contributed by atoms with Gasteiger partial charge in [0.2, 0.25) is 0 Å². The van der Waals surface area contributed by atoms with Crippen LogP contribution in [0.4, 0.5) is 5.69 Å². The summed E-state index contributed by atoms with van der Waals surface area (Å²) in [6.07, 6.45) is 1.66. The van der Waals surface area contributed by atoms with E-state index >= 15 is 0 Å². The summed E-state index contributed by atoms with van der Waals surface area (Å²) in [7, 11) is 0. The average Bonchev–Trinajstić information content (AvgIpc) is 2.98. The smallest absolute Gasteiger partial charge is 0.268 e. The second-order valence-electron chi connectivity index (χ2n) is 4.89. The fourth-order valence-electron chi connectivity index (χ4n) is 2.08. The number of hydrogen-bond donors (Lipinski definition) is 4. The van der Waals surface area contributed by atoms with E-state index in [4.69, 9.17) is 5.73 Å². The third-order valence-electron chi connectivity index (χ3n) is 3.47. The van der Waals surface area contributed by atoms with Crippen LogP contribution in [-0.2, 0) is 0 Å². The van der Waals surface area contributed by atoms with Crippen molar-refractivity contribution in [2.24, 2.45) is 0 Å². The van der Waals surface area contributed by atoms with Crippen molar-refractivity contribution in [1.82, 2.24) is 10.3 Å². The Morgan fingerprint density at radius 2 is 2.28 bits per heavy atom. The first-order chi connectivity index (χ1) is 8.63. The van der Waals surface area contributed by atoms with Gasteiger partial charge in [0.25, 0.3) is 5.91 Å². The Balaban J connectivity index is 1.90. The van der Waals surface area contributed by atoms with Gasteiger partial charge in [0, 0.05) is 5.39 Å². The second kappa shape index (κ2) is 3.74. The number of nitrogen functional groups attached to an aromatic ring is 1. The number of nitrogens with one attached hydrogen (secondary N) is 2. The van der Waals surface area contributed by atoms with Gasteiger partial charge in [0.1, 0.15) is 5.69 Å². The molecule has 94 valence electrons. The van der Waals surface area contributed by atoms with Gasteiger partial charge in [-0.25, -0.2) is 0 Å². The zero-order valence-electron chi connectivity index (χ0n) is 9.86. The van der Waals surface area contributed by atoms with Gasteiger partial charge >= 0.3 is 0 Å². The number of anilines is 1. The van der Waals surface area contributed by atoms with E-state index in [9.17, 15) is 9.90 Å². The Labute approximate surface area is 104 Å². The number of amides is 1. The van der Waals surface area contributed by atoms with Crippen LogP contribution in [0.15, 0.2) is 24.3 Å². The zero-order valence-corrected chi connectivity index (χ0v) is 9.86. The molecule has 0 unspecified atom stereocenters. The lowest BCUT2D eigenvalue weighted by atomic mass is 10.2. The van der Waals surface area contributed by atoms with E-state index in [2.05, 4.69) is 10.3 Å². The third-order valence-corrected chi connectivity index (χ3v) is 3.47. The summed E-state index contributed by atoms with van der Waals surface area (Å²) in [5, 5.41) is 13.0. The molecule has 5 heteroatoms. The summed E-state index contributed by atoms with van der Waals surface area (Å²) in [5.74, 6) is -0.197. The molecule has 0 aliphatic heterocycles. The van der Waals surface area contributed by atoms with Gasteiger partial charge < -0.3 is 21.1 Å². The first kappa shape index (κ1) is 11.1. The van der Waals surface area contributed by atoms with E-state index in [1.807, 2.05) is 12.1 Å². The van der Waals surface area contributed by atoms with Crippen LogP contribution in [-0.4, -0.2) is 28.1 Å². The van der Waals surface area contributed by atoms with Gasteiger partial charge in [-0.15, -0.1) is 0 Å². The van der Waals surface area contributed by atoms with E-state index in [1.54, 1.807) is 12.1 Å². The highest BCUT2D eigenvalue weighted by Crippen LogP contribution is 2.35. The van der Waals surface area contributed by atoms with E-state index in [0.717, 1.165) is 23.7 Å². The highest BCUT2D eigenvalue weighted by atomic mass is 16.3. The molecule has 1 aromatic heterocycles. The van der Waals surface area contributed by atoms with Crippen molar-refractivity contribution in [3.8, 4) is 0 Å². The van der Waals surface area contributed by atoms with E-state index in [1.165, 1.54) is 0 Å². The molecular weight excluding hydrogens is 230 g/mol. The lowest BCUT2D eigenvalue weighted by molar-refractivity contribution is 0.0902. The van der Waals surface area contributed by atoms with Crippen molar-refractivity contribution in [1.29, 1.82) is 0 Å². The molecule has 1 heterocycles. The van der Waals surface area contributed by atoms with Crippen LogP contribution in [0.25, 0.3) is 10.9 Å². The maximum atomic E-state index is 12.0. The summed E-state index contributed by atoms with van der Waals surface area (Å²) in [4.78, 5) is 15.1. The quantitative estimate of drug-likeness (QED) is 0.608. The third kappa shape index (κ3) is 1.73. The fourth-order valence-corrected chi connectivity index (χ4v) is 2.08. The SMILES string of the molecule is Nc1cccc2cc(C(=O)NC3(CO)CC3)[nH]c12. The number of aliphatic hydroxyl groups excluding tert-OH is 1.